The van der Waals surface area contributed by atoms with Gasteiger partial charge in [-0.25, -0.2) is 4.98 Å². The fourth-order valence-corrected chi connectivity index (χ4v) is 5.44. The Morgan fingerprint density at radius 1 is 0.972 bits per heavy atom. The van der Waals surface area contributed by atoms with Crippen molar-refractivity contribution in [3.05, 3.63) is 72.8 Å². The van der Waals surface area contributed by atoms with Crippen LogP contribution in [0, 0.1) is 12.8 Å². The molecule has 0 unspecified atom stereocenters. The summed E-state index contributed by atoms with van der Waals surface area (Å²) < 4.78 is 3.83. The molecule has 36 heavy (non-hydrogen) atoms. The summed E-state index contributed by atoms with van der Waals surface area (Å²) in [5.74, 6) is 1.77. The number of hydrogen-bond acceptors (Lipinski definition) is 6. The number of para-hydroxylation sites is 2. The van der Waals surface area contributed by atoms with Crippen LogP contribution in [0.1, 0.15) is 18.7 Å². The molecular formula is C27H24N8O. The van der Waals surface area contributed by atoms with Gasteiger partial charge in [-0.1, -0.05) is 36.4 Å². The molecule has 1 amide bonds. The number of nitrogens with one attached hydrogen (secondary N) is 1. The molecule has 0 radical (unpaired) electrons. The van der Waals surface area contributed by atoms with E-state index in [1.165, 1.54) is 0 Å². The van der Waals surface area contributed by atoms with E-state index in [0.29, 0.717) is 0 Å². The Bertz CT molecular complexity index is 1780. The van der Waals surface area contributed by atoms with Gasteiger partial charge in [0.15, 0.2) is 5.65 Å². The Morgan fingerprint density at radius 3 is 2.61 bits per heavy atom. The predicted molar refractivity (Wildman–Crippen MR) is 139 cm³/mol. The second-order valence-electron chi connectivity index (χ2n) is 9.33. The van der Waals surface area contributed by atoms with E-state index in [1.54, 1.807) is 10.8 Å². The Hall–Kier alpha value is -4.53. The van der Waals surface area contributed by atoms with E-state index in [0.717, 1.165) is 76.2 Å². The highest BCUT2D eigenvalue weighted by Crippen LogP contribution is 2.37. The minimum atomic E-state index is -0.0668. The molecule has 0 atom stereocenters. The molecule has 4 aromatic heterocycles. The monoisotopic (exact) mass is 476 g/mol. The highest BCUT2D eigenvalue weighted by Gasteiger charge is 2.28. The largest absolute Gasteiger partial charge is 0.355 e. The summed E-state index contributed by atoms with van der Waals surface area (Å²) in [6.07, 6.45) is 3.13. The lowest BCUT2D eigenvalue weighted by molar-refractivity contribution is -0.120. The normalized spacial score (nSPS) is 14.9. The van der Waals surface area contributed by atoms with Crippen molar-refractivity contribution in [2.75, 3.05) is 23.3 Å². The van der Waals surface area contributed by atoms with Crippen LogP contribution >= 0.6 is 0 Å². The maximum atomic E-state index is 13.6. The molecule has 9 nitrogen and oxygen atoms in total. The van der Waals surface area contributed by atoms with Crippen LogP contribution in [0.2, 0.25) is 0 Å². The third-order valence-electron chi connectivity index (χ3n) is 7.23. The fraction of sp³-hybridized carbons (Fsp3) is 0.222. The van der Waals surface area contributed by atoms with Gasteiger partial charge in [-0.05, 0) is 44.0 Å². The topological polar surface area (TPSA) is 92.7 Å². The Morgan fingerprint density at radius 2 is 1.75 bits per heavy atom. The molecule has 0 saturated carbocycles. The van der Waals surface area contributed by atoms with Gasteiger partial charge in [-0.3, -0.25) is 9.20 Å². The number of benzene rings is 2. The van der Waals surface area contributed by atoms with Crippen LogP contribution in [0.15, 0.2) is 67.0 Å². The van der Waals surface area contributed by atoms with E-state index in [2.05, 4.69) is 48.1 Å². The molecule has 1 saturated heterocycles. The van der Waals surface area contributed by atoms with Crippen LogP contribution in [-0.4, -0.2) is 48.2 Å². The van der Waals surface area contributed by atoms with Gasteiger partial charge in [0, 0.05) is 29.8 Å². The van der Waals surface area contributed by atoms with Crippen molar-refractivity contribution in [1.29, 1.82) is 0 Å². The average Bonchev–Trinajstić information content (AvgIpc) is 3.52. The van der Waals surface area contributed by atoms with Crippen LogP contribution in [0.25, 0.3) is 33.0 Å². The lowest BCUT2D eigenvalue weighted by atomic mass is 9.95. The average molecular weight is 477 g/mol. The summed E-state index contributed by atoms with van der Waals surface area (Å²) in [6.45, 7) is 3.54. The zero-order valence-corrected chi connectivity index (χ0v) is 19.8. The molecule has 0 spiro atoms. The first-order valence-electron chi connectivity index (χ1n) is 12.2. The molecule has 9 heteroatoms. The van der Waals surface area contributed by atoms with Crippen LogP contribution in [0.4, 0.5) is 11.5 Å². The maximum Gasteiger partial charge on any atom is 0.227 e. The lowest BCUT2D eigenvalue weighted by Crippen LogP contribution is -2.38. The van der Waals surface area contributed by atoms with Gasteiger partial charge in [0.2, 0.25) is 5.91 Å². The number of anilines is 2. The Balaban J connectivity index is 1.20. The van der Waals surface area contributed by atoms with Crippen molar-refractivity contribution in [2.45, 2.75) is 19.8 Å². The second-order valence-corrected chi connectivity index (χ2v) is 9.33. The van der Waals surface area contributed by atoms with Crippen LogP contribution in [-0.2, 0) is 4.79 Å². The van der Waals surface area contributed by atoms with Crippen molar-refractivity contribution in [3.8, 4) is 0 Å². The molecule has 1 aliphatic rings. The van der Waals surface area contributed by atoms with Gasteiger partial charge in [-0.15, -0.1) is 15.3 Å². The molecule has 2 aromatic carbocycles. The lowest BCUT2D eigenvalue weighted by Gasteiger charge is -2.32. The van der Waals surface area contributed by atoms with Crippen molar-refractivity contribution in [3.63, 3.8) is 0 Å². The number of amides is 1. The molecule has 178 valence electrons. The number of aryl methyl sites for hydroxylation is 1. The van der Waals surface area contributed by atoms with E-state index in [-0.39, 0.29) is 11.8 Å². The Kier molecular flexibility index (Phi) is 4.63. The number of aromatic nitrogens is 6. The third kappa shape index (κ3) is 3.19. The van der Waals surface area contributed by atoms with E-state index in [4.69, 9.17) is 4.98 Å². The minimum absolute atomic E-state index is 0.0636. The first kappa shape index (κ1) is 20.8. The SMILES string of the molecule is Cc1nc2ccccc2c2c(NC(=O)C3CCN(c4ccc5nncn5n4)CC3)c3ccccc3n12. The number of carbonyl (C=O) groups excluding carboxylic acids is 1. The number of carbonyl (C=O) groups is 1. The van der Waals surface area contributed by atoms with Gasteiger partial charge in [0.1, 0.15) is 18.0 Å². The molecule has 6 aromatic rings. The van der Waals surface area contributed by atoms with E-state index < -0.39 is 0 Å². The van der Waals surface area contributed by atoms with E-state index in [1.807, 2.05) is 49.4 Å². The third-order valence-corrected chi connectivity index (χ3v) is 7.23. The molecule has 1 N–H and O–H groups in total. The first-order valence-corrected chi connectivity index (χ1v) is 12.2. The number of fused-ring (bicyclic) bond motifs is 6. The molecule has 7 rings (SSSR count). The number of nitrogens with zero attached hydrogens (tertiary/aromatic N) is 7. The standard InChI is InChI=1S/C27H24N8O/c1-17-29-21-8-4-2-6-19(21)26-25(20-7-3-5-9-22(20)35(17)26)30-27(36)18-12-14-33(15-13-18)24-11-10-23-31-28-16-34(23)32-24/h2-11,16,18H,12-15H2,1H3,(H,30,36). The number of rotatable bonds is 3. The summed E-state index contributed by atoms with van der Waals surface area (Å²) in [5.41, 5.74) is 4.55. The predicted octanol–water partition coefficient (Wildman–Crippen LogP) is 4.24. The molecule has 0 bridgehead atoms. The van der Waals surface area contributed by atoms with Crippen LogP contribution in [0.3, 0.4) is 0 Å². The highest BCUT2D eigenvalue weighted by molar-refractivity contribution is 6.16. The quantitative estimate of drug-likeness (QED) is 0.411. The molecule has 1 aliphatic heterocycles. The fourth-order valence-electron chi connectivity index (χ4n) is 5.44. The van der Waals surface area contributed by atoms with Gasteiger partial charge in [-0.2, -0.15) is 4.52 Å². The zero-order valence-electron chi connectivity index (χ0n) is 19.8. The maximum absolute atomic E-state index is 13.6. The smallest absolute Gasteiger partial charge is 0.227 e. The molecule has 1 fully saturated rings. The minimum Gasteiger partial charge on any atom is -0.355 e. The van der Waals surface area contributed by atoms with Gasteiger partial charge < -0.3 is 10.2 Å². The van der Waals surface area contributed by atoms with Crippen LogP contribution < -0.4 is 10.2 Å². The second kappa shape index (κ2) is 8.01. The molecule has 0 aliphatic carbocycles. The van der Waals surface area contributed by atoms with Crippen molar-refractivity contribution in [1.82, 2.24) is 29.2 Å². The molecule has 5 heterocycles. The molecular weight excluding hydrogens is 452 g/mol. The summed E-state index contributed by atoms with van der Waals surface area (Å²) in [4.78, 5) is 20.6. The highest BCUT2D eigenvalue weighted by atomic mass is 16.1. The van der Waals surface area contributed by atoms with Gasteiger partial charge in [0.25, 0.3) is 0 Å². The van der Waals surface area contributed by atoms with Crippen molar-refractivity contribution >= 4 is 50.4 Å². The number of piperidine rings is 1. The van der Waals surface area contributed by atoms with Crippen molar-refractivity contribution < 1.29 is 4.79 Å². The number of hydrogen-bond donors (Lipinski definition) is 1. The zero-order chi connectivity index (χ0) is 24.2. The summed E-state index contributed by atoms with van der Waals surface area (Å²) in [6, 6.07) is 20.2. The Labute approximate surface area is 206 Å². The van der Waals surface area contributed by atoms with E-state index >= 15 is 0 Å². The van der Waals surface area contributed by atoms with Crippen molar-refractivity contribution in [2.24, 2.45) is 5.92 Å². The van der Waals surface area contributed by atoms with Gasteiger partial charge in [0.05, 0.1) is 22.2 Å². The first-order chi connectivity index (χ1) is 17.7. The van der Waals surface area contributed by atoms with E-state index in [9.17, 15) is 4.79 Å². The summed E-state index contributed by atoms with van der Waals surface area (Å²) >= 11 is 0. The van der Waals surface area contributed by atoms with Gasteiger partial charge >= 0.3 is 0 Å². The summed E-state index contributed by atoms with van der Waals surface area (Å²) in [7, 11) is 0. The van der Waals surface area contributed by atoms with Crippen LogP contribution in [0.5, 0.6) is 0 Å². The summed E-state index contributed by atoms with van der Waals surface area (Å²) in [5, 5.41) is 17.9.